The number of aromatic nitrogens is 2. The summed E-state index contributed by atoms with van der Waals surface area (Å²) in [5, 5.41) is 9.00. The van der Waals surface area contributed by atoms with Crippen LogP contribution in [0.1, 0.15) is 35.6 Å². The number of fused-ring (bicyclic) bond motifs is 1. The van der Waals surface area contributed by atoms with Crippen molar-refractivity contribution in [1.82, 2.24) is 25.5 Å². The van der Waals surface area contributed by atoms with Crippen molar-refractivity contribution >= 4 is 57.0 Å². The number of nitrogens with zero attached hydrogens (tertiary/aromatic N) is 3. The zero-order valence-corrected chi connectivity index (χ0v) is 19.5. The second-order valence-electron chi connectivity index (χ2n) is 7.67. The predicted molar refractivity (Wildman–Crippen MR) is 121 cm³/mol. The normalized spacial score (nSPS) is 18.0. The summed E-state index contributed by atoms with van der Waals surface area (Å²) in [6.45, 7) is 4.47. The van der Waals surface area contributed by atoms with Crippen LogP contribution in [0, 0.1) is 6.92 Å². The third-order valence-electron chi connectivity index (χ3n) is 5.36. The van der Waals surface area contributed by atoms with Gasteiger partial charge in [-0.3, -0.25) is 15.0 Å². The average Bonchev–Trinajstić information content (AvgIpc) is 3.42. The lowest BCUT2D eigenvalue weighted by molar-refractivity contribution is -0.139. The molecule has 1 aromatic carbocycles. The number of halogens is 1. The molecular weight excluding hydrogens is 470 g/mol. The molecule has 0 spiro atoms. The molecule has 1 atom stereocenters. The number of nitrogens with one attached hydrogen (secondary N) is 2. The van der Waals surface area contributed by atoms with Gasteiger partial charge in [0.2, 0.25) is 0 Å². The highest BCUT2D eigenvalue weighted by Crippen LogP contribution is 2.31. The van der Waals surface area contributed by atoms with Crippen molar-refractivity contribution in [1.29, 1.82) is 0 Å². The summed E-state index contributed by atoms with van der Waals surface area (Å²) in [5.41, 5.74) is 2.60. The van der Waals surface area contributed by atoms with Crippen LogP contribution in [-0.2, 0) is 14.3 Å². The zero-order chi connectivity index (χ0) is 23.9. The minimum absolute atomic E-state index is 0.287. The second kappa shape index (κ2) is 8.49. The van der Waals surface area contributed by atoms with Crippen LogP contribution in [0.2, 0.25) is 5.02 Å². The van der Waals surface area contributed by atoms with E-state index in [0.717, 1.165) is 21.6 Å². The van der Waals surface area contributed by atoms with E-state index in [1.54, 1.807) is 36.7 Å². The first-order chi connectivity index (χ1) is 15.6. The molecule has 1 aliphatic heterocycles. The molecule has 0 saturated carbocycles. The minimum atomic E-state index is -1.09. The molecule has 0 aliphatic carbocycles. The van der Waals surface area contributed by atoms with E-state index in [0.29, 0.717) is 16.5 Å². The first kappa shape index (κ1) is 22.7. The van der Waals surface area contributed by atoms with E-state index in [4.69, 9.17) is 16.3 Å². The number of esters is 1. The van der Waals surface area contributed by atoms with E-state index in [2.05, 4.69) is 15.8 Å². The van der Waals surface area contributed by atoms with E-state index in [-0.39, 0.29) is 4.88 Å². The number of rotatable bonds is 6. The Morgan fingerprint density at radius 3 is 2.61 bits per heavy atom. The van der Waals surface area contributed by atoms with Crippen LogP contribution in [0.25, 0.3) is 15.9 Å². The largest absolute Gasteiger partial charge is 0.451 e. The summed E-state index contributed by atoms with van der Waals surface area (Å²) in [7, 11) is 0. The van der Waals surface area contributed by atoms with Crippen molar-refractivity contribution < 1.29 is 23.9 Å². The molecule has 4 amide bonds. The third kappa shape index (κ3) is 4.16. The fraction of sp³-hybridized carbons (Fsp3) is 0.286. The Hall–Kier alpha value is -3.44. The smallest absolute Gasteiger partial charge is 0.348 e. The SMILES string of the molecule is CCC1(C)NC(=O)N(NC(=O)COC(=O)c2cc3c(C)nn(-c4ccc(Cl)cc4)c3s2)C1=O. The minimum Gasteiger partial charge on any atom is -0.451 e. The molecule has 2 N–H and O–H groups in total. The maximum atomic E-state index is 12.5. The van der Waals surface area contributed by atoms with Gasteiger partial charge in [0.15, 0.2) is 6.61 Å². The zero-order valence-electron chi connectivity index (χ0n) is 18.0. The lowest BCUT2D eigenvalue weighted by Crippen LogP contribution is -2.49. The van der Waals surface area contributed by atoms with Gasteiger partial charge in [-0.1, -0.05) is 18.5 Å². The van der Waals surface area contributed by atoms with Crippen LogP contribution in [0.4, 0.5) is 4.79 Å². The number of urea groups is 1. The van der Waals surface area contributed by atoms with Crippen molar-refractivity contribution in [3.05, 3.63) is 45.9 Å². The summed E-state index contributed by atoms with van der Waals surface area (Å²) in [5.74, 6) is -2.10. The number of carbonyl (C=O) groups is 4. The van der Waals surface area contributed by atoms with Gasteiger partial charge in [0.05, 0.1) is 11.4 Å². The second-order valence-corrected chi connectivity index (χ2v) is 9.14. The Labute approximate surface area is 197 Å². The fourth-order valence-electron chi connectivity index (χ4n) is 3.29. The Kier molecular flexibility index (Phi) is 5.85. The highest BCUT2D eigenvalue weighted by atomic mass is 35.5. The number of thiophene rings is 1. The van der Waals surface area contributed by atoms with Gasteiger partial charge in [0.25, 0.3) is 11.8 Å². The van der Waals surface area contributed by atoms with Crippen molar-refractivity contribution in [3.8, 4) is 5.69 Å². The molecular formula is C21H20ClN5O5S. The number of aryl methyl sites for hydroxylation is 1. The third-order valence-corrected chi connectivity index (χ3v) is 6.70. The predicted octanol–water partition coefficient (Wildman–Crippen LogP) is 2.96. The molecule has 0 bridgehead atoms. The molecule has 4 rings (SSSR count). The number of hydrogen-bond acceptors (Lipinski definition) is 7. The van der Waals surface area contributed by atoms with E-state index in [1.165, 1.54) is 11.3 Å². The molecule has 172 valence electrons. The Morgan fingerprint density at radius 2 is 1.97 bits per heavy atom. The first-order valence-electron chi connectivity index (χ1n) is 10.0. The van der Waals surface area contributed by atoms with Gasteiger partial charge in [-0.25, -0.2) is 14.3 Å². The van der Waals surface area contributed by atoms with Crippen molar-refractivity contribution in [2.45, 2.75) is 32.7 Å². The Morgan fingerprint density at radius 1 is 1.27 bits per heavy atom. The van der Waals surface area contributed by atoms with Crippen molar-refractivity contribution in [2.75, 3.05) is 6.61 Å². The molecule has 10 nitrogen and oxygen atoms in total. The molecule has 33 heavy (non-hydrogen) atoms. The highest BCUT2D eigenvalue weighted by Gasteiger charge is 2.47. The summed E-state index contributed by atoms with van der Waals surface area (Å²) in [4.78, 5) is 50.1. The maximum Gasteiger partial charge on any atom is 0.348 e. The first-order valence-corrected chi connectivity index (χ1v) is 11.2. The van der Waals surface area contributed by atoms with Crippen molar-refractivity contribution in [3.63, 3.8) is 0 Å². The van der Waals surface area contributed by atoms with Gasteiger partial charge in [0, 0.05) is 10.4 Å². The number of ether oxygens (including phenoxy) is 1. The molecule has 12 heteroatoms. The number of hydrogen-bond donors (Lipinski definition) is 2. The lowest BCUT2D eigenvalue weighted by atomic mass is 10.00. The average molecular weight is 490 g/mol. The topological polar surface area (TPSA) is 123 Å². The van der Waals surface area contributed by atoms with E-state index in [1.807, 2.05) is 19.1 Å². The number of amides is 4. The molecule has 1 saturated heterocycles. The van der Waals surface area contributed by atoms with Gasteiger partial charge in [0.1, 0.15) is 15.2 Å². The number of benzene rings is 1. The number of imide groups is 1. The van der Waals surface area contributed by atoms with Gasteiger partial charge in [-0.05, 0) is 50.6 Å². The maximum absolute atomic E-state index is 12.5. The van der Waals surface area contributed by atoms with E-state index >= 15 is 0 Å². The van der Waals surface area contributed by atoms with Gasteiger partial charge < -0.3 is 10.1 Å². The van der Waals surface area contributed by atoms with E-state index in [9.17, 15) is 19.2 Å². The molecule has 1 aliphatic rings. The van der Waals surface area contributed by atoms with Crippen LogP contribution >= 0.6 is 22.9 Å². The van der Waals surface area contributed by atoms with Crippen LogP contribution < -0.4 is 10.7 Å². The lowest BCUT2D eigenvalue weighted by Gasteiger charge is -2.19. The summed E-state index contributed by atoms with van der Waals surface area (Å²) in [6.07, 6.45) is 0.359. The quantitative estimate of drug-likeness (QED) is 0.405. The fourth-order valence-corrected chi connectivity index (χ4v) is 4.49. The van der Waals surface area contributed by atoms with Gasteiger partial charge in [-0.2, -0.15) is 10.1 Å². The molecule has 1 fully saturated rings. The number of carbonyl (C=O) groups excluding carboxylic acids is 4. The van der Waals surface area contributed by atoms with Crippen LogP contribution in [0.5, 0.6) is 0 Å². The molecule has 3 heterocycles. The van der Waals surface area contributed by atoms with Gasteiger partial charge in [-0.15, -0.1) is 11.3 Å². The summed E-state index contributed by atoms with van der Waals surface area (Å²) in [6, 6.07) is 8.03. The molecule has 3 aromatic rings. The summed E-state index contributed by atoms with van der Waals surface area (Å²) >= 11 is 7.13. The summed E-state index contributed by atoms with van der Waals surface area (Å²) < 4.78 is 6.80. The highest BCUT2D eigenvalue weighted by molar-refractivity contribution is 7.20. The molecule has 2 aromatic heterocycles. The number of hydrazine groups is 1. The monoisotopic (exact) mass is 489 g/mol. The Balaban J connectivity index is 1.44. The van der Waals surface area contributed by atoms with Gasteiger partial charge >= 0.3 is 12.0 Å². The van der Waals surface area contributed by atoms with Crippen LogP contribution in [0.15, 0.2) is 30.3 Å². The molecule has 1 unspecified atom stereocenters. The standard InChI is InChI=1S/C21H20ClN5O5S/c1-4-21(3)19(30)27(20(31)23-21)25-16(28)10-32-18(29)15-9-14-11(2)24-26(17(14)33-15)13-7-5-12(22)6-8-13/h5-9H,4,10H2,1-3H3,(H,23,31)(H,25,28). The van der Waals surface area contributed by atoms with Crippen LogP contribution in [0.3, 0.4) is 0 Å². The molecule has 0 radical (unpaired) electrons. The van der Waals surface area contributed by atoms with E-state index < -0.39 is 36.0 Å². The van der Waals surface area contributed by atoms with Crippen LogP contribution in [-0.4, -0.2) is 50.7 Å². The van der Waals surface area contributed by atoms with Crippen molar-refractivity contribution in [2.24, 2.45) is 0 Å². The Bertz CT molecular complexity index is 1280.